The molecule has 0 spiro atoms. The Morgan fingerprint density at radius 2 is 1.89 bits per heavy atom. The molecule has 2 rings (SSSR count). The normalized spacial score (nSPS) is 10.3. The second-order valence-electron chi connectivity index (χ2n) is 4.18. The lowest BCUT2D eigenvalue weighted by atomic mass is 10.2. The van der Waals surface area contributed by atoms with E-state index in [0.29, 0.717) is 18.0 Å². The largest absolute Gasteiger partial charge is 0.493 e. The summed E-state index contributed by atoms with van der Waals surface area (Å²) in [5.41, 5.74) is 7.82. The summed E-state index contributed by atoms with van der Waals surface area (Å²) >= 11 is 3.48. The molecule has 0 saturated carbocycles. The first-order valence-corrected chi connectivity index (χ1v) is 6.75. The zero-order valence-corrected chi connectivity index (χ0v) is 12.5. The summed E-state index contributed by atoms with van der Waals surface area (Å²) in [7, 11) is 1.63. The van der Waals surface area contributed by atoms with Crippen LogP contribution in [-0.2, 0) is 6.54 Å². The second kappa shape index (κ2) is 6.08. The van der Waals surface area contributed by atoms with Crippen molar-refractivity contribution in [3.8, 4) is 17.2 Å². The molecule has 2 N–H and O–H groups in total. The van der Waals surface area contributed by atoms with E-state index in [4.69, 9.17) is 15.2 Å². The Morgan fingerprint density at radius 1 is 1.11 bits per heavy atom. The van der Waals surface area contributed by atoms with Gasteiger partial charge in [-0.1, -0.05) is 28.1 Å². The van der Waals surface area contributed by atoms with Crippen LogP contribution in [0.15, 0.2) is 40.9 Å². The SMILES string of the molecule is COc1cc(C)ccc1Oc1cccc(Br)c1CN. The molecular formula is C15H16BrNO2. The summed E-state index contributed by atoms with van der Waals surface area (Å²) in [5.74, 6) is 2.13. The highest BCUT2D eigenvalue weighted by Gasteiger charge is 2.10. The summed E-state index contributed by atoms with van der Waals surface area (Å²) in [6, 6.07) is 11.6. The molecule has 0 atom stereocenters. The number of halogens is 1. The second-order valence-corrected chi connectivity index (χ2v) is 5.03. The Balaban J connectivity index is 2.39. The van der Waals surface area contributed by atoms with Gasteiger partial charge in [-0.25, -0.2) is 0 Å². The molecule has 2 aromatic rings. The van der Waals surface area contributed by atoms with Gasteiger partial charge in [-0.15, -0.1) is 0 Å². The van der Waals surface area contributed by atoms with Crippen LogP contribution < -0.4 is 15.2 Å². The number of hydrogen-bond acceptors (Lipinski definition) is 3. The van der Waals surface area contributed by atoms with Gasteiger partial charge < -0.3 is 15.2 Å². The predicted octanol–water partition coefficient (Wildman–Crippen LogP) is 4.02. The topological polar surface area (TPSA) is 44.5 Å². The Hall–Kier alpha value is -1.52. The molecule has 0 aliphatic rings. The minimum atomic E-state index is 0.408. The maximum Gasteiger partial charge on any atom is 0.169 e. The molecule has 0 aliphatic heterocycles. The number of rotatable bonds is 4. The molecule has 2 aromatic carbocycles. The lowest BCUT2D eigenvalue weighted by Crippen LogP contribution is -2.01. The summed E-state index contributed by atoms with van der Waals surface area (Å²) in [6.45, 7) is 2.42. The molecule has 0 heterocycles. The van der Waals surface area contributed by atoms with Gasteiger partial charge >= 0.3 is 0 Å². The summed E-state index contributed by atoms with van der Waals surface area (Å²) in [5, 5.41) is 0. The van der Waals surface area contributed by atoms with Gasteiger partial charge in [-0.2, -0.15) is 0 Å². The molecule has 19 heavy (non-hydrogen) atoms. The fraction of sp³-hybridized carbons (Fsp3) is 0.200. The highest BCUT2D eigenvalue weighted by Crippen LogP contribution is 2.35. The molecule has 4 heteroatoms. The minimum absolute atomic E-state index is 0.408. The predicted molar refractivity (Wildman–Crippen MR) is 79.8 cm³/mol. The van der Waals surface area contributed by atoms with Crippen molar-refractivity contribution < 1.29 is 9.47 Å². The van der Waals surface area contributed by atoms with Crippen LogP contribution in [0, 0.1) is 6.92 Å². The van der Waals surface area contributed by atoms with Crippen molar-refractivity contribution in [2.45, 2.75) is 13.5 Å². The van der Waals surface area contributed by atoms with Gasteiger partial charge in [0.1, 0.15) is 5.75 Å². The van der Waals surface area contributed by atoms with E-state index >= 15 is 0 Å². The fourth-order valence-electron chi connectivity index (χ4n) is 1.81. The first-order chi connectivity index (χ1) is 9.15. The zero-order valence-electron chi connectivity index (χ0n) is 10.9. The van der Waals surface area contributed by atoms with Gasteiger partial charge in [0.25, 0.3) is 0 Å². The molecule has 0 fully saturated rings. The number of aryl methyl sites for hydroxylation is 1. The van der Waals surface area contributed by atoms with Crippen molar-refractivity contribution in [2.24, 2.45) is 5.73 Å². The Bertz CT molecular complexity index is 584. The van der Waals surface area contributed by atoms with Gasteiger partial charge in [0.2, 0.25) is 0 Å². The van der Waals surface area contributed by atoms with E-state index in [1.165, 1.54) is 0 Å². The van der Waals surface area contributed by atoms with E-state index in [1.54, 1.807) is 7.11 Å². The lowest BCUT2D eigenvalue weighted by Gasteiger charge is -2.14. The molecule has 3 nitrogen and oxygen atoms in total. The molecule has 0 bridgehead atoms. The monoisotopic (exact) mass is 321 g/mol. The first-order valence-electron chi connectivity index (χ1n) is 5.95. The minimum Gasteiger partial charge on any atom is -0.493 e. The molecule has 0 radical (unpaired) electrons. The fourth-order valence-corrected chi connectivity index (χ4v) is 2.32. The summed E-state index contributed by atoms with van der Waals surface area (Å²) in [6.07, 6.45) is 0. The first kappa shape index (κ1) is 13.9. The highest BCUT2D eigenvalue weighted by atomic mass is 79.9. The van der Waals surface area contributed by atoms with Crippen molar-refractivity contribution in [2.75, 3.05) is 7.11 Å². The van der Waals surface area contributed by atoms with E-state index in [2.05, 4.69) is 15.9 Å². The van der Waals surface area contributed by atoms with Gasteiger partial charge in [-0.3, -0.25) is 0 Å². The van der Waals surface area contributed by atoms with Crippen LogP contribution in [0.3, 0.4) is 0 Å². The molecule has 100 valence electrons. The average Bonchev–Trinajstić information content (AvgIpc) is 2.41. The third-order valence-corrected chi connectivity index (χ3v) is 3.56. The van der Waals surface area contributed by atoms with Crippen molar-refractivity contribution in [3.63, 3.8) is 0 Å². The van der Waals surface area contributed by atoms with Crippen molar-refractivity contribution in [1.29, 1.82) is 0 Å². The van der Waals surface area contributed by atoms with Crippen LogP contribution in [0.5, 0.6) is 17.2 Å². The maximum atomic E-state index is 5.92. The number of methoxy groups -OCH3 is 1. The molecule has 0 aliphatic carbocycles. The van der Waals surface area contributed by atoms with Crippen LogP contribution in [0.1, 0.15) is 11.1 Å². The van der Waals surface area contributed by atoms with Crippen LogP contribution in [0.4, 0.5) is 0 Å². The molecular weight excluding hydrogens is 306 g/mol. The van der Waals surface area contributed by atoms with Crippen LogP contribution >= 0.6 is 15.9 Å². The van der Waals surface area contributed by atoms with Crippen LogP contribution in [-0.4, -0.2) is 7.11 Å². The lowest BCUT2D eigenvalue weighted by molar-refractivity contribution is 0.377. The van der Waals surface area contributed by atoms with E-state index in [1.807, 2.05) is 43.3 Å². The van der Waals surface area contributed by atoms with Gasteiger partial charge in [-0.05, 0) is 36.8 Å². The third kappa shape index (κ3) is 3.08. The van der Waals surface area contributed by atoms with Crippen LogP contribution in [0.2, 0.25) is 0 Å². The Morgan fingerprint density at radius 3 is 2.58 bits per heavy atom. The van der Waals surface area contributed by atoms with E-state index in [-0.39, 0.29) is 0 Å². The smallest absolute Gasteiger partial charge is 0.169 e. The third-order valence-electron chi connectivity index (χ3n) is 2.82. The zero-order chi connectivity index (χ0) is 13.8. The summed E-state index contributed by atoms with van der Waals surface area (Å²) in [4.78, 5) is 0. The molecule has 0 aromatic heterocycles. The number of hydrogen-bond donors (Lipinski definition) is 1. The van der Waals surface area contributed by atoms with Crippen molar-refractivity contribution >= 4 is 15.9 Å². The Labute approximate surface area is 121 Å². The van der Waals surface area contributed by atoms with E-state index in [9.17, 15) is 0 Å². The van der Waals surface area contributed by atoms with E-state index < -0.39 is 0 Å². The number of nitrogens with two attached hydrogens (primary N) is 1. The molecule has 0 saturated heterocycles. The average molecular weight is 322 g/mol. The highest BCUT2D eigenvalue weighted by molar-refractivity contribution is 9.10. The van der Waals surface area contributed by atoms with Crippen molar-refractivity contribution in [3.05, 3.63) is 52.0 Å². The van der Waals surface area contributed by atoms with Gasteiger partial charge in [0.05, 0.1) is 7.11 Å². The van der Waals surface area contributed by atoms with Crippen LogP contribution in [0.25, 0.3) is 0 Å². The molecule has 0 unspecified atom stereocenters. The Kier molecular flexibility index (Phi) is 4.45. The maximum absolute atomic E-state index is 5.92. The van der Waals surface area contributed by atoms with E-state index in [0.717, 1.165) is 21.3 Å². The van der Waals surface area contributed by atoms with Crippen molar-refractivity contribution in [1.82, 2.24) is 0 Å². The number of ether oxygens (including phenoxy) is 2. The standard InChI is InChI=1S/C15H16BrNO2/c1-10-6-7-14(15(8-10)18-2)19-13-5-3-4-12(16)11(13)9-17/h3-8H,9,17H2,1-2H3. The quantitative estimate of drug-likeness (QED) is 0.925. The molecule has 0 amide bonds. The van der Waals surface area contributed by atoms with Gasteiger partial charge in [0, 0.05) is 16.6 Å². The summed E-state index contributed by atoms with van der Waals surface area (Å²) < 4.78 is 12.2. The number of benzene rings is 2. The van der Waals surface area contributed by atoms with Gasteiger partial charge in [0.15, 0.2) is 11.5 Å².